The summed E-state index contributed by atoms with van der Waals surface area (Å²) in [5.41, 5.74) is -0.576. The lowest BCUT2D eigenvalue weighted by Crippen LogP contribution is -2.60. The Morgan fingerprint density at radius 1 is 1.27 bits per heavy atom. The molecule has 2 N–H and O–H groups in total. The first-order valence-electron chi connectivity index (χ1n) is 17.6. The average Bonchev–Trinajstić information content (AvgIpc) is 3.76. The minimum atomic E-state index is -1.61. The number of likely N-dealkylation sites (N-methyl/N-ethyl adjacent to an activating group) is 1. The molecule has 14 heteroatoms. The normalized spacial score (nSPS) is 31.9. The van der Waals surface area contributed by atoms with E-state index in [9.17, 15) is 24.3 Å². The number of alkyl carbamates (subject to hydrolysis) is 1. The Hall–Kier alpha value is -3.26. The molecule has 0 aliphatic carbocycles. The number of methoxy groups -OCH3 is 1. The number of hydrogen-bond donors (Lipinski definition) is 3. The highest BCUT2D eigenvalue weighted by atomic mass is 35.5. The van der Waals surface area contributed by atoms with Gasteiger partial charge in [0.25, 0.3) is 0 Å². The smallest absolute Gasteiger partial charge is 0.409 e. The highest BCUT2D eigenvalue weighted by Crippen LogP contribution is 2.49. The van der Waals surface area contributed by atoms with Crippen molar-refractivity contribution in [2.45, 2.75) is 121 Å². The molecular weight excluding hydrogens is 710 g/mol. The van der Waals surface area contributed by atoms with E-state index in [0.29, 0.717) is 24.3 Å². The highest BCUT2D eigenvalue weighted by molar-refractivity contribution is 7.81. The van der Waals surface area contributed by atoms with Crippen LogP contribution in [0.25, 0.3) is 0 Å². The number of carbonyl (C=O) groups is 4. The van der Waals surface area contributed by atoms with Gasteiger partial charge in [-0.05, 0) is 51.3 Å². The summed E-state index contributed by atoms with van der Waals surface area (Å²) >= 11 is 11.3. The first kappa shape index (κ1) is 41.5. The van der Waals surface area contributed by atoms with Crippen molar-refractivity contribution in [3.05, 3.63) is 46.5 Å². The Bertz CT molecular complexity index is 1610. The first-order valence-corrected chi connectivity index (χ1v) is 18.5. The molecule has 288 valence electrons. The number of ether oxygens (including phenoxy) is 4. The van der Waals surface area contributed by atoms with Gasteiger partial charge < -0.3 is 33.9 Å². The molecule has 0 radical (unpaired) electrons. The summed E-state index contributed by atoms with van der Waals surface area (Å²) in [7, 11) is 4.62. The van der Waals surface area contributed by atoms with Crippen LogP contribution in [-0.4, -0.2) is 95.5 Å². The number of halogens is 1. The zero-order valence-electron chi connectivity index (χ0n) is 31.8. The second-order valence-electron chi connectivity index (χ2n) is 15.3. The molecule has 12 nitrogen and oxygen atoms in total. The van der Waals surface area contributed by atoms with Gasteiger partial charge in [0, 0.05) is 43.5 Å². The number of nitrogens with zero attached hydrogens (tertiary/aromatic N) is 2. The topological polar surface area (TPSA) is 147 Å². The summed E-state index contributed by atoms with van der Waals surface area (Å²) in [5, 5.41) is 14.5. The van der Waals surface area contributed by atoms with Gasteiger partial charge in [0.1, 0.15) is 40.3 Å². The number of rotatable bonds is 7. The molecule has 0 spiro atoms. The van der Waals surface area contributed by atoms with Crippen LogP contribution < -0.4 is 15.0 Å². The fraction of sp³-hybridized carbons (Fsp3) is 0.632. The van der Waals surface area contributed by atoms with Gasteiger partial charge in [0.2, 0.25) is 11.8 Å². The average molecular weight is 764 g/mol. The molecule has 3 heterocycles. The number of thiol groups is 1. The van der Waals surface area contributed by atoms with Crippen molar-refractivity contribution in [3.8, 4) is 5.75 Å². The lowest BCUT2D eigenvalue weighted by Gasteiger charge is -2.41. The van der Waals surface area contributed by atoms with Crippen molar-refractivity contribution in [3.63, 3.8) is 0 Å². The Morgan fingerprint density at radius 2 is 1.94 bits per heavy atom. The van der Waals surface area contributed by atoms with Gasteiger partial charge in [-0.15, -0.1) is 0 Å². The fourth-order valence-electron chi connectivity index (χ4n) is 6.71. The summed E-state index contributed by atoms with van der Waals surface area (Å²) in [4.78, 5) is 56.4. The molecule has 3 aliphatic rings. The number of epoxide rings is 1. The molecule has 52 heavy (non-hydrogen) atoms. The Labute approximate surface area is 317 Å². The monoisotopic (exact) mass is 763 g/mol. The number of aliphatic hydroxyl groups is 1. The Balaban J connectivity index is 1.73. The summed E-state index contributed by atoms with van der Waals surface area (Å²) in [6.07, 6.45) is 3.27. The standard InChI is InChI=1S/C38H54ClN3O9S/c1-21-12-11-13-22(2)38(47)20-28(49-35(46)40-38)23(3)33-37(7,51-33)29(50-34(45)24(4)41(8)30(43)14-15-36(5,6)52)19-31(44)42(9)26-17-25(16-21)18-27(48-10)32(26)39/h11-13,17-18,22-24,28-29,33,47,52H,14-16,19-20H2,1-10H3,(H,40,46)/b13-11+,21-12+. The lowest BCUT2D eigenvalue weighted by atomic mass is 9.82. The van der Waals surface area contributed by atoms with Gasteiger partial charge in [-0.1, -0.05) is 63.1 Å². The second kappa shape index (κ2) is 16.0. The molecular formula is C38H54ClN3O9S. The van der Waals surface area contributed by atoms with Crippen LogP contribution in [0.15, 0.2) is 35.9 Å². The third-order valence-corrected chi connectivity index (χ3v) is 11.2. The van der Waals surface area contributed by atoms with Gasteiger partial charge in [-0.25, -0.2) is 9.59 Å². The maximum atomic E-state index is 14.1. The van der Waals surface area contributed by atoms with Crippen molar-refractivity contribution in [2.24, 2.45) is 11.8 Å². The first-order chi connectivity index (χ1) is 24.1. The van der Waals surface area contributed by atoms with E-state index in [1.165, 1.54) is 24.0 Å². The molecule has 1 aromatic carbocycles. The van der Waals surface area contributed by atoms with Crippen LogP contribution in [0.2, 0.25) is 5.02 Å². The molecule has 8 unspecified atom stereocenters. The molecule has 1 aromatic rings. The largest absolute Gasteiger partial charge is 0.495 e. The minimum absolute atomic E-state index is 0.0628. The molecule has 3 aliphatic heterocycles. The number of benzene rings is 1. The maximum Gasteiger partial charge on any atom is 0.409 e. The van der Waals surface area contributed by atoms with E-state index >= 15 is 0 Å². The summed E-state index contributed by atoms with van der Waals surface area (Å²) in [6, 6.07) is 2.65. The zero-order chi connectivity index (χ0) is 38.9. The summed E-state index contributed by atoms with van der Waals surface area (Å²) < 4.78 is 23.2. The van der Waals surface area contributed by atoms with Crippen molar-refractivity contribution in [1.82, 2.24) is 10.2 Å². The number of carbonyl (C=O) groups excluding carboxylic acids is 4. The van der Waals surface area contributed by atoms with E-state index in [2.05, 4.69) is 17.9 Å². The van der Waals surface area contributed by atoms with Gasteiger partial charge in [-0.3, -0.25) is 14.9 Å². The van der Waals surface area contributed by atoms with E-state index in [-0.39, 0.29) is 34.9 Å². The number of esters is 1. The maximum absolute atomic E-state index is 14.1. The lowest BCUT2D eigenvalue weighted by molar-refractivity contribution is -0.162. The van der Waals surface area contributed by atoms with Crippen LogP contribution in [-0.2, 0) is 35.0 Å². The quantitative estimate of drug-likeness (QED) is 0.183. The minimum Gasteiger partial charge on any atom is -0.495 e. The van der Waals surface area contributed by atoms with Gasteiger partial charge >= 0.3 is 12.1 Å². The molecule has 3 amide bonds. The van der Waals surface area contributed by atoms with Gasteiger partial charge in [0.15, 0.2) is 0 Å². The van der Waals surface area contributed by atoms with E-state index in [0.717, 1.165) is 11.1 Å². The molecule has 0 saturated carbocycles. The van der Waals surface area contributed by atoms with Gasteiger partial charge in [0.05, 0.1) is 25.3 Å². The van der Waals surface area contributed by atoms with E-state index in [1.807, 2.05) is 65.0 Å². The van der Waals surface area contributed by atoms with E-state index in [4.69, 9.17) is 30.5 Å². The van der Waals surface area contributed by atoms with Crippen molar-refractivity contribution in [2.75, 3.05) is 26.1 Å². The second-order valence-corrected chi connectivity index (χ2v) is 16.9. The van der Waals surface area contributed by atoms with Crippen molar-refractivity contribution < 1.29 is 43.2 Å². The number of anilines is 1. The van der Waals surface area contributed by atoms with Gasteiger partial charge in [-0.2, -0.15) is 12.6 Å². The zero-order valence-corrected chi connectivity index (χ0v) is 33.5. The molecule has 8 atom stereocenters. The van der Waals surface area contributed by atoms with E-state index < -0.39 is 65.5 Å². The molecule has 4 rings (SSSR count). The fourth-order valence-corrected chi connectivity index (χ4v) is 7.14. The SMILES string of the molecule is COc1cc2cc(c1Cl)N(C)C(=O)CC(OC(=O)C(C)N(C)C(=O)CCC(C)(C)S)C1(C)OC1C(C)C1CC(O)(NC(=O)O1)C(C)/C=C/C=C(\C)C2. The molecule has 4 bridgehead atoms. The van der Waals surface area contributed by atoms with Crippen LogP contribution in [0.1, 0.15) is 79.7 Å². The third-order valence-electron chi connectivity index (χ3n) is 10.6. The number of hydrogen-bond acceptors (Lipinski definition) is 10. The van der Waals surface area contributed by atoms with Crippen LogP contribution in [0.5, 0.6) is 5.75 Å². The number of fused-ring (bicyclic) bond motifs is 5. The van der Waals surface area contributed by atoms with Crippen LogP contribution in [0.3, 0.4) is 0 Å². The predicted molar refractivity (Wildman–Crippen MR) is 202 cm³/mol. The van der Waals surface area contributed by atoms with Crippen molar-refractivity contribution >= 4 is 53.8 Å². The van der Waals surface area contributed by atoms with Crippen LogP contribution in [0.4, 0.5) is 10.5 Å². The van der Waals surface area contributed by atoms with E-state index in [1.54, 1.807) is 20.9 Å². The summed E-state index contributed by atoms with van der Waals surface area (Å²) in [5.74, 6) is -1.95. The number of amides is 3. The molecule has 2 fully saturated rings. The van der Waals surface area contributed by atoms with Crippen LogP contribution >= 0.6 is 24.2 Å². The Kier molecular flexibility index (Phi) is 12.8. The summed E-state index contributed by atoms with van der Waals surface area (Å²) in [6.45, 7) is 12.7. The molecule has 0 aromatic heterocycles. The number of nitrogens with one attached hydrogen (secondary N) is 1. The van der Waals surface area contributed by atoms with Crippen LogP contribution in [0, 0.1) is 11.8 Å². The highest BCUT2D eigenvalue weighted by Gasteiger charge is 2.64. The third kappa shape index (κ3) is 9.45. The Morgan fingerprint density at radius 3 is 2.58 bits per heavy atom. The molecule has 2 saturated heterocycles. The predicted octanol–water partition coefficient (Wildman–Crippen LogP) is 5.62. The number of allylic oxidation sites excluding steroid dienone is 3. The van der Waals surface area contributed by atoms with Crippen molar-refractivity contribution in [1.29, 1.82) is 0 Å².